The first kappa shape index (κ1) is 14.9. The van der Waals surface area contributed by atoms with Gasteiger partial charge in [-0.1, -0.05) is 18.2 Å². The van der Waals surface area contributed by atoms with E-state index in [2.05, 4.69) is 49.9 Å². The van der Waals surface area contributed by atoms with E-state index in [4.69, 9.17) is 5.73 Å². The minimum absolute atomic E-state index is 0.519. The van der Waals surface area contributed by atoms with Crippen molar-refractivity contribution in [2.75, 3.05) is 16.4 Å². The highest BCUT2D eigenvalue weighted by Gasteiger charge is 2.04. The van der Waals surface area contributed by atoms with Gasteiger partial charge in [0.25, 0.3) is 0 Å². The smallest absolute Gasteiger partial charge is 0.230 e. The normalized spacial score (nSPS) is 10.6. The topological polar surface area (TPSA) is 88.8 Å². The quantitative estimate of drug-likeness (QED) is 0.489. The van der Waals surface area contributed by atoms with Gasteiger partial charge in [-0.2, -0.15) is 0 Å². The van der Waals surface area contributed by atoms with Crippen LogP contribution < -0.4 is 16.4 Å². The van der Waals surface area contributed by atoms with E-state index in [1.165, 1.54) is 12.7 Å². The minimum Gasteiger partial charge on any atom is -0.399 e. The highest BCUT2D eigenvalue weighted by Crippen LogP contribution is 2.29. The van der Waals surface area contributed by atoms with Gasteiger partial charge in [0.05, 0.1) is 0 Å². The molecule has 4 N–H and O–H groups in total. The molecule has 6 heteroatoms. The molecular weight excluding hydrogens is 312 g/mol. The largest absolute Gasteiger partial charge is 0.399 e. The fourth-order valence-corrected chi connectivity index (χ4v) is 2.63. The second-order valence-electron chi connectivity index (χ2n) is 5.58. The Labute approximate surface area is 144 Å². The molecule has 0 saturated carbocycles. The van der Waals surface area contributed by atoms with Crippen molar-refractivity contribution in [2.24, 2.45) is 0 Å². The second-order valence-corrected chi connectivity index (χ2v) is 5.58. The number of fused-ring (bicyclic) bond motifs is 1. The van der Waals surface area contributed by atoms with Gasteiger partial charge in [0.2, 0.25) is 5.95 Å². The third-order valence-electron chi connectivity index (χ3n) is 3.82. The summed E-state index contributed by atoms with van der Waals surface area (Å²) >= 11 is 0. The summed E-state index contributed by atoms with van der Waals surface area (Å²) in [6, 6.07) is 20.0. The molecule has 4 rings (SSSR count). The Morgan fingerprint density at radius 2 is 1.52 bits per heavy atom. The number of hydrogen-bond donors (Lipinski definition) is 3. The van der Waals surface area contributed by atoms with Crippen molar-refractivity contribution >= 4 is 39.5 Å². The van der Waals surface area contributed by atoms with Crippen LogP contribution in [0, 0.1) is 0 Å². The van der Waals surface area contributed by atoms with E-state index in [1.54, 1.807) is 0 Å². The molecule has 0 atom stereocenters. The van der Waals surface area contributed by atoms with Crippen LogP contribution >= 0.6 is 0 Å². The Hall–Kier alpha value is -3.67. The lowest BCUT2D eigenvalue weighted by molar-refractivity contribution is 1.05. The van der Waals surface area contributed by atoms with Gasteiger partial charge in [-0.25, -0.2) is 15.0 Å². The molecule has 0 radical (unpaired) electrons. The van der Waals surface area contributed by atoms with Crippen LogP contribution in [0.3, 0.4) is 0 Å². The zero-order chi connectivity index (χ0) is 17.1. The van der Waals surface area contributed by atoms with Crippen LogP contribution in [0.15, 0.2) is 73.3 Å². The van der Waals surface area contributed by atoms with E-state index >= 15 is 0 Å². The lowest BCUT2D eigenvalue weighted by Crippen LogP contribution is -1.97. The SMILES string of the molecule is Nc1ccc(Nc2cccc3cc(Nc4ncncn4)ccc23)cc1. The van der Waals surface area contributed by atoms with Gasteiger partial charge >= 0.3 is 0 Å². The van der Waals surface area contributed by atoms with E-state index < -0.39 is 0 Å². The molecule has 0 amide bonds. The lowest BCUT2D eigenvalue weighted by atomic mass is 10.1. The first-order valence-electron chi connectivity index (χ1n) is 7.82. The molecule has 1 heterocycles. The van der Waals surface area contributed by atoms with Crippen molar-refractivity contribution in [3.8, 4) is 0 Å². The molecule has 0 aliphatic carbocycles. The van der Waals surface area contributed by atoms with Crippen molar-refractivity contribution in [3.63, 3.8) is 0 Å². The maximum Gasteiger partial charge on any atom is 0.230 e. The summed E-state index contributed by atoms with van der Waals surface area (Å²) in [6.45, 7) is 0. The third kappa shape index (κ3) is 3.32. The number of nitrogen functional groups attached to an aromatic ring is 1. The van der Waals surface area contributed by atoms with Crippen LogP contribution in [0.4, 0.5) is 28.7 Å². The highest BCUT2D eigenvalue weighted by molar-refractivity contribution is 5.97. The predicted molar refractivity (Wildman–Crippen MR) is 101 cm³/mol. The molecule has 0 spiro atoms. The van der Waals surface area contributed by atoms with Crippen molar-refractivity contribution in [2.45, 2.75) is 0 Å². The zero-order valence-corrected chi connectivity index (χ0v) is 13.3. The van der Waals surface area contributed by atoms with Crippen LogP contribution in [0.5, 0.6) is 0 Å². The molecule has 0 aliphatic rings. The second kappa shape index (κ2) is 6.45. The predicted octanol–water partition coefficient (Wildman–Crippen LogP) is 4.09. The average molecular weight is 328 g/mol. The van der Waals surface area contributed by atoms with Crippen LogP contribution in [-0.4, -0.2) is 15.0 Å². The van der Waals surface area contributed by atoms with Crippen molar-refractivity contribution in [1.29, 1.82) is 0 Å². The summed E-state index contributed by atoms with van der Waals surface area (Å²) in [4.78, 5) is 12.0. The molecule has 0 aliphatic heterocycles. The van der Waals surface area contributed by atoms with Crippen LogP contribution in [0.1, 0.15) is 0 Å². The number of rotatable bonds is 4. The average Bonchev–Trinajstić information content (AvgIpc) is 2.64. The van der Waals surface area contributed by atoms with Gasteiger partial charge in [0.1, 0.15) is 12.7 Å². The lowest BCUT2D eigenvalue weighted by Gasteiger charge is -2.11. The summed E-state index contributed by atoms with van der Waals surface area (Å²) in [5, 5.41) is 8.85. The summed E-state index contributed by atoms with van der Waals surface area (Å²) in [7, 11) is 0. The number of nitrogens with zero attached hydrogens (tertiary/aromatic N) is 3. The number of aromatic nitrogens is 3. The fourth-order valence-electron chi connectivity index (χ4n) is 2.63. The summed E-state index contributed by atoms with van der Waals surface area (Å²) < 4.78 is 0. The molecule has 0 unspecified atom stereocenters. The molecular formula is C19H16N6. The van der Waals surface area contributed by atoms with Gasteiger partial charge in [-0.15, -0.1) is 0 Å². The molecule has 25 heavy (non-hydrogen) atoms. The van der Waals surface area contributed by atoms with E-state index in [-0.39, 0.29) is 0 Å². The number of hydrogen-bond acceptors (Lipinski definition) is 6. The van der Waals surface area contributed by atoms with Crippen LogP contribution in [0.2, 0.25) is 0 Å². The Morgan fingerprint density at radius 3 is 2.32 bits per heavy atom. The van der Waals surface area contributed by atoms with E-state index in [0.717, 1.165) is 33.5 Å². The van der Waals surface area contributed by atoms with Crippen LogP contribution in [0.25, 0.3) is 10.8 Å². The van der Waals surface area contributed by atoms with Gasteiger partial charge in [-0.3, -0.25) is 0 Å². The Balaban J connectivity index is 1.64. The Bertz CT molecular complexity index is 999. The summed E-state index contributed by atoms with van der Waals surface area (Å²) in [5.41, 5.74) is 9.44. The highest BCUT2D eigenvalue weighted by atomic mass is 15.1. The standard InChI is InChI=1S/C19H16N6/c20-14-4-6-15(7-5-14)24-18-3-1-2-13-10-16(8-9-17(13)18)25-19-22-11-21-12-23-19/h1-12,24H,20H2,(H,21,22,23,25). The van der Waals surface area contributed by atoms with Crippen molar-refractivity contribution < 1.29 is 0 Å². The molecule has 1 aromatic heterocycles. The van der Waals surface area contributed by atoms with E-state index in [0.29, 0.717) is 5.95 Å². The van der Waals surface area contributed by atoms with Gasteiger partial charge in [0.15, 0.2) is 0 Å². The molecule has 4 aromatic rings. The number of nitrogens with one attached hydrogen (secondary N) is 2. The van der Waals surface area contributed by atoms with Crippen molar-refractivity contribution in [3.05, 3.63) is 73.3 Å². The minimum atomic E-state index is 0.519. The molecule has 6 nitrogen and oxygen atoms in total. The van der Waals surface area contributed by atoms with Crippen LogP contribution in [-0.2, 0) is 0 Å². The van der Waals surface area contributed by atoms with E-state index in [9.17, 15) is 0 Å². The first-order chi connectivity index (χ1) is 12.3. The van der Waals surface area contributed by atoms with Gasteiger partial charge in [0, 0.05) is 28.1 Å². The van der Waals surface area contributed by atoms with Gasteiger partial charge < -0.3 is 16.4 Å². The number of anilines is 5. The molecule has 3 aromatic carbocycles. The molecule has 0 fully saturated rings. The Morgan fingerprint density at radius 1 is 0.760 bits per heavy atom. The van der Waals surface area contributed by atoms with Crippen molar-refractivity contribution in [1.82, 2.24) is 15.0 Å². The fraction of sp³-hybridized carbons (Fsp3) is 0. The molecule has 0 saturated heterocycles. The first-order valence-corrected chi connectivity index (χ1v) is 7.82. The maximum absolute atomic E-state index is 5.74. The third-order valence-corrected chi connectivity index (χ3v) is 3.82. The monoisotopic (exact) mass is 328 g/mol. The Kier molecular flexibility index (Phi) is 3.84. The summed E-state index contributed by atoms with van der Waals surface area (Å²) in [5.74, 6) is 0.519. The summed E-state index contributed by atoms with van der Waals surface area (Å²) in [6.07, 6.45) is 2.93. The molecule has 122 valence electrons. The van der Waals surface area contributed by atoms with E-state index in [1.807, 2.05) is 36.4 Å². The maximum atomic E-state index is 5.74. The number of nitrogens with two attached hydrogens (primary N) is 1. The van der Waals surface area contributed by atoms with Gasteiger partial charge in [-0.05, 0) is 47.9 Å². The molecule has 0 bridgehead atoms. The zero-order valence-electron chi connectivity index (χ0n) is 13.3. The number of benzene rings is 3.